The Kier molecular flexibility index (Phi) is 4.56. The van der Waals surface area contributed by atoms with Crippen molar-refractivity contribution in [2.24, 2.45) is 0 Å². The summed E-state index contributed by atoms with van der Waals surface area (Å²) in [7, 11) is 1.86. The van der Waals surface area contributed by atoms with Crippen LogP contribution in [0.5, 0.6) is 5.75 Å². The van der Waals surface area contributed by atoms with Crippen LogP contribution in [0.3, 0.4) is 0 Å². The second-order valence-corrected chi connectivity index (χ2v) is 7.35. The van der Waals surface area contributed by atoms with E-state index in [1.165, 1.54) is 0 Å². The predicted octanol–water partition coefficient (Wildman–Crippen LogP) is 2.66. The topological polar surface area (TPSA) is 71.5 Å². The number of pyridine rings is 1. The standard InChI is InChI=1S/C21H23N3O3/c1-24(20(26)15-8-12-22-13-9-15)16-6-10-21(11-7-16)14-23-19(25)17-4-2-3-5-18(17)27-21/h2-5,8-9,12-13,16H,6-7,10-11,14H2,1H3,(H,23,25). The van der Waals surface area contributed by atoms with Gasteiger partial charge >= 0.3 is 0 Å². The largest absolute Gasteiger partial charge is 0.485 e. The Morgan fingerprint density at radius 2 is 1.89 bits per heavy atom. The van der Waals surface area contributed by atoms with Crippen molar-refractivity contribution in [3.63, 3.8) is 0 Å². The minimum atomic E-state index is -0.403. The summed E-state index contributed by atoms with van der Waals surface area (Å²) in [5.41, 5.74) is 0.834. The van der Waals surface area contributed by atoms with Crippen LogP contribution in [0.1, 0.15) is 46.4 Å². The number of para-hydroxylation sites is 1. The average Bonchev–Trinajstić information content (AvgIpc) is 2.85. The molecule has 0 bridgehead atoms. The van der Waals surface area contributed by atoms with Gasteiger partial charge in [0.15, 0.2) is 0 Å². The SMILES string of the molecule is CN(C(=O)c1ccncc1)C1CCC2(CC1)CNC(=O)c1ccccc1O2. The quantitative estimate of drug-likeness (QED) is 0.888. The normalized spacial score (nSPS) is 24.3. The highest BCUT2D eigenvalue weighted by atomic mass is 16.5. The van der Waals surface area contributed by atoms with Gasteiger partial charge < -0.3 is 15.0 Å². The van der Waals surface area contributed by atoms with Gasteiger partial charge in [0.1, 0.15) is 11.4 Å². The number of ether oxygens (including phenoxy) is 1. The first-order valence-corrected chi connectivity index (χ1v) is 9.31. The third-order valence-corrected chi connectivity index (χ3v) is 5.69. The smallest absolute Gasteiger partial charge is 0.255 e. The van der Waals surface area contributed by atoms with E-state index < -0.39 is 5.60 Å². The van der Waals surface area contributed by atoms with Gasteiger partial charge in [-0.3, -0.25) is 14.6 Å². The summed E-state index contributed by atoms with van der Waals surface area (Å²) < 4.78 is 6.33. The summed E-state index contributed by atoms with van der Waals surface area (Å²) in [4.78, 5) is 30.8. The summed E-state index contributed by atoms with van der Waals surface area (Å²) in [6.45, 7) is 0.495. The molecule has 0 atom stereocenters. The number of carbonyl (C=O) groups excluding carboxylic acids is 2. The van der Waals surface area contributed by atoms with E-state index in [0.717, 1.165) is 25.7 Å². The maximum Gasteiger partial charge on any atom is 0.255 e. The van der Waals surface area contributed by atoms with Gasteiger partial charge in [-0.25, -0.2) is 0 Å². The number of amides is 2. The molecule has 2 aliphatic rings. The van der Waals surface area contributed by atoms with Crippen LogP contribution >= 0.6 is 0 Å². The summed E-state index contributed by atoms with van der Waals surface area (Å²) in [5.74, 6) is 0.570. The molecule has 1 spiro atoms. The van der Waals surface area contributed by atoms with Crippen molar-refractivity contribution in [1.82, 2.24) is 15.2 Å². The molecule has 1 aliphatic carbocycles. The molecule has 1 N–H and O–H groups in total. The van der Waals surface area contributed by atoms with Gasteiger partial charge in [0, 0.05) is 31.0 Å². The maximum absolute atomic E-state index is 12.7. The van der Waals surface area contributed by atoms with Crippen molar-refractivity contribution in [2.75, 3.05) is 13.6 Å². The van der Waals surface area contributed by atoms with Gasteiger partial charge in [0.25, 0.3) is 11.8 Å². The first-order valence-electron chi connectivity index (χ1n) is 9.31. The number of carbonyl (C=O) groups is 2. The number of benzene rings is 1. The molecule has 1 saturated carbocycles. The maximum atomic E-state index is 12.7. The first kappa shape index (κ1) is 17.5. The van der Waals surface area contributed by atoms with Crippen molar-refractivity contribution in [1.29, 1.82) is 0 Å². The van der Waals surface area contributed by atoms with E-state index in [1.807, 2.05) is 30.1 Å². The molecule has 27 heavy (non-hydrogen) atoms. The van der Waals surface area contributed by atoms with Crippen molar-refractivity contribution < 1.29 is 14.3 Å². The molecule has 2 amide bonds. The van der Waals surface area contributed by atoms with Gasteiger partial charge in [0.05, 0.1) is 12.1 Å². The number of hydrogen-bond donors (Lipinski definition) is 1. The second-order valence-electron chi connectivity index (χ2n) is 7.35. The molecule has 1 aromatic carbocycles. The molecule has 1 aliphatic heterocycles. The van der Waals surface area contributed by atoms with Crippen molar-refractivity contribution in [2.45, 2.75) is 37.3 Å². The Morgan fingerprint density at radius 1 is 1.19 bits per heavy atom. The molecule has 0 saturated heterocycles. The van der Waals surface area contributed by atoms with E-state index >= 15 is 0 Å². The van der Waals surface area contributed by atoms with Crippen molar-refractivity contribution in [3.05, 3.63) is 59.9 Å². The van der Waals surface area contributed by atoms with Crippen LogP contribution in [0.2, 0.25) is 0 Å². The van der Waals surface area contributed by atoms with Crippen LogP contribution in [0, 0.1) is 0 Å². The molecule has 4 rings (SSSR count). The Labute approximate surface area is 158 Å². The Balaban J connectivity index is 1.46. The van der Waals surface area contributed by atoms with E-state index in [1.54, 1.807) is 30.6 Å². The lowest BCUT2D eigenvalue weighted by molar-refractivity contribution is 0.0103. The van der Waals surface area contributed by atoms with Crippen LogP contribution < -0.4 is 10.1 Å². The van der Waals surface area contributed by atoms with E-state index in [4.69, 9.17) is 4.74 Å². The minimum absolute atomic E-state index is 0.0128. The van der Waals surface area contributed by atoms with E-state index in [0.29, 0.717) is 23.4 Å². The van der Waals surface area contributed by atoms with Gasteiger partial charge in [-0.2, -0.15) is 0 Å². The van der Waals surface area contributed by atoms with Gasteiger partial charge in [-0.15, -0.1) is 0 Å². The van der Waals surface area contributed by atoms with E-state index in [2.05, 4.69) is 10.3 Å². The van der Waals surface area contributed by atoms with E-state index in [-0.39, 0.29) is 17.9 Å². The van der Waals surface area contributed by atoms with E-state index in [9.17, 15) is 9.59 Å². The predicted molar refractivity (Wildman–Crippen MR) is 101 cm³/mol. The summed E-state index contributed by atoms with van der Waals surface area (Å²) in [5, 5.41) is 3.00. The number of nitrogens with one attached hydrogen (secondary N) is 1. The number of fused-ring (bicyclic) bond motifs is 1. The molecular weight excluding hydrogens is 342 g/mol. The van der Waals surface area contributed by atoms with Gasteiger partial charge in [-0.05, 0) is 49.9 Å². The van der Waals surface area contributed by atoms with Crippen LogP contribution in [-0.4, -0.2) is 46.9 Å². The molecule has 140 valence electrons. The van der Waals surface area contributed by atoms with Crippen LogP contribution in [-0.2, 0) is 0 Å². The molecule has 6 heteroatoms. The fraction of sp³-hybridized carbons (Fsp3) is 0.381. The second kappa shape index (κ2) is 7.02. The minimum Gasteiger partial charge on any atom is -0.485 e. The van der Waals surface area contributed by atoms with Gasteiger partial charge in [0.2, 0.25) is 0 Å². The zero-order valence-electron chi connectivity index (χ0n) is 15.4. The third kappa shape index (κ3) is 3.39. The molecule has 2 aromatic rings. The number of rotatable bonds is 2. The third-order valence-electron chi connectivity index (χ3n) is 5.69. The van der Waals surface area contributed by atoms with Crippen LogP contribution in [0.15, 0.2) is 48.8 Å². The lowest BCUT2D eigenvalue weighted by Gasteiger charge is -2.42. The summed E-state index contributed by atoms with van der Waals surface area (Å²) >= 11 is 0. The fourth-order valence-corrected chi connectivity index (χ4v) is 4.01. The molecular formula is C21H23N3O3. The van der Waals surface area contributed by atoms with Gasteiger partial charge in [-0.1, -0.05) is 12.1 Å². The molecule has 2 heterocycles. The molecule has 0 radical (unpaired) electrons. The fourth-order valence-electron chi connectivity index (χ4n) is 4.01. The molecule has 1 aromatic heterocycles. The lowest BCUT2D eigenvalue weighted by atomic mass is 9.81. The highest BCUT2D eigenvalue weighted by Crippen LogP contribution is 2.37. The zero-order valence-corrected chi connectivity index (χ0v) is 15.4. The number of hydrogen-bond acceptors (Lipinski definition) is 4. The van der Waals surface area contributed by atoms with Crippen LogP contribution in [0.25, 0.3) is 0 Å². The molecule has 1 fully saturated rings. The van der Waals surface area contributed by atoms with Crippen LogP contribution in [0.4, 0.5) is 0 Å². The van der Waals surface area contributed by atoms with Crippen molar-refractivity contribution >= 4 is 11.8 Å². The highest BCUT2D eigenvalue weighted by Gasteiger charge is 2.41. The molecule has 0 unspecified atom stereocenters. The van der Waals surface area contributed by atoms with Crippen molar-refractivity contribution in [3.8, 4) is 5.75 Å². The Morgan fingerprint density at radius 3 is 2.63 bits per heavy atom. The monoisotopic (exact) mass is 365 g/mol. The first-order chi connectivity index (χ1) is 13.1. The summed E-state index contributed by atoms with van der Waals surface area (Å²) in [6, 6.07) is 11.0. The Hall–Kier alpha value is -2.89. The zero-order chi connectivity index (χ0) is 18.9. The average molecular weight is 365 g/mol. The Bertz CT molecular complexity index is 845. The molecule has 6 nitrogen and oxygen atoms in total. The number of nitrogens with zero attached hydrogens (tertiary/aromatic N) is 2. The highest BCUT2D eigenvalue weighted by molar-refractivity contribution is 5.97. The number of aromatic nitrogens is 1. The lowest BCUT2D eigenvalue weighted by Crippen LogP contribution is -2.51. The summed E-state index contributed by atoms with van der Waals surface area (Å²) in [6.07, 6.45) is 6.53.